The van der Waals surface area contributed by atoms with Gasteiger partial charge < -0.3 is 14.8 Å². The van der Waals surface area contributed by atoms with Crippen LogP contribution in [0.15, 0.2) is 36.5 Å². The lowest BCUT2D eigenvalue weighted by atomic mass is 10.1. The molecule has 0 unspecified atom stereocenters. The van der Waals surface area contributed by atoms with Gasteiger partial charge in [-0.3, -0.25) is 4.98 Å². The van der Waals surface area contributed by atoms with Crippen LogP contribution in [0.2, 0.25) is 0 Å². The molecule has 0 radical (unpaired) electrons. The average Bonchev–Trinajstić information content (AvgIpc) is 2.47. The molecule has 4 heteroatoms. The number of nitrogens with one attached hydrogen (secondary N) is 1. The van der Waals surface area contributed by atoms with Crippen LogP contribution in [0.25, 0.3) is 0 Å². The zero-order chi connectivity index (χ0) is 14.4. The Balaban J connectivity index is 1.94. The molecule has 1 aromatic heterocycles. The maximum absolute atomic E-state index is 5.30. The summed E-state index contributed by atoms with van der Waals surface area (Å²) in [6.07, 6.45) is 2.73. The monoisotopic (exact) mass is 272 g/mol. The molecule has 2 rings (SSSR count). The Morgan fingerprint density at radius 2 is 1.85 bits per heavy atom. The summed E-state index contributed by atoms with van der Waals surface area (Å²) in [5, 5.41) is 3.39. The Kier molecular flexibility index (Phi) is 4.82. The molecule has 4 nitrogen and oxygen atoms in total. The van der Waals surface area contributed by atoms with Crippen molar-refractivity contribution in [2.75, 3.05) is 26.1 Å². The summed E-state index contributed by atoms with van der Waals surface area (Å²) >= 11 is 0. The van der Waals surface area contributed by atoms with Gasteiger partial charge in [0.25, 0.3) is 0 Å². The van der Waals surface area contributed by atoms with Gasteiger partial charge in [-0.2, -0.15) is 0 Å². The number of hydrogen-bond acceptors (Lipinski definition) is 4. The smallest absolute Gasteiger partial charge is 0.160 e. The number of benzene rings is 1. The van der Waals surface area contributed by atoms with E-state index >= 15 is 0 Å². The quantitative estimate of drug-likeness (QED) is 0.877. The highest BCUT2D eigenvalue weighted by atomic mass is 16.5. The first kappa shape index (κ1) is 14.2. The number of anilines is 1. The van der Waals surface area contributed by atoms with Gasteiger partial charge >= 0.3 is 0 Å². The van der Waals surface area contributed by atoms with Gasteiger partial charge in [0.1, 0.15) is 0 Å². The molecule has 1 heterocycles. The highest BCUT2D eigenvalue weighted by molar-refractivity contribution is 5.45. The summed E-state index contributed by atoms with van der Waals surface area (Å²) in [5.41, 5.74) is 3.32. The van der Waals surface area contributed by atoms with Crippen molar-refractivity contribution in [1.82, 2.24) is 4.98 Å². The number of rotatable bonds is 6. The van der Waals surface area contributed by atoms with Gasteiger partial charge in [0.2, 0.25) is 0 Å². The normalized spacial score (nSPS) is 10.2. The SMILES string of the molecule is COc1ccc(CCNc2ccnc(C)c2)cc1OC. The van der Waals surface area contributed by atoms with Crippen molar-refractivity contribution in [3.05, 3.63) is 47.8 Å². The molecule has 0 saturated heterocycles. The lowest BCUT2D eigenvalue weighted by Gasteiger charge is -2.10. The van der Waals surface area contributed by atoms with Gasteiger partial charge in [0.05, 0.1) is 14.2 Å². The number of methoxy groups -OCH3 is 2. The van der Waals surface area contributed by atoms with E-state index < -0.39 is 0 Å². The Labute approximate surface area is 119 Å². The minimum Gasteiger partial charge on any atom is -0.493 e. The summed E-state index contributed by atoms with van der Waals surface area (Å²) in [5.74, 6) is 1.53. The van der Waals surface area contributed by atoms with Crippen LogP contribution in [0.5, 0.6) is 11.5 Å². The molecule has 0 aliphatic rings. The first-order valence-corrected chi connectivity index (χ1v) is 6.60. The molecule has 20 heavy (non-hydrogen) atoms. The molecular formula is C16H20N2O2. The van der Waals surface area contributed by atoms with Gasteiger partial charge in [-0.05, 0) is 43.2 Å². The molecule has 1 aromatic carbocycles. The number of ether oxygens (including phenoxy) is 2. The maximum atomic E-state index is 5.30. The predicted molar refractivity (Wildman–Crippen MR) is 80.7 cm³/mol. The highest BCUT2D eigenvalue weighted by Gasteiger charge is 2.04. The van der Waals surface area contributed by atoms with Crippen LogP contribution in [-0.4, -0.2) is 25.7 Å². The zero-order valence-corrected chi connectivity index (χ0v) is 12.1. The predicted octanol–water partition coefficient (Wildman–Crippen LogP) is 3.06. The summed E-state index contributed by atoms with van der Waals surface area (Å²) in [7, 11) is 3.30. The number of hydrogen-bond donors (Lipinski definition) is 1. The average molecular weight is 272 g/mol. The fourth-order valence-corrected chi connectivity index (χ4v) is 2.04. The van der Waals surface area contributed by atoms with Crippen LogP contribution in [-0.2, 0) is 6.42 Å². The van der Waals surface area contributed by atoms with Crippen molar-refractivity contribution in [2.24, 2.45) is 0 Å². The second kappa shape index (κ2) is 6.80. The fraction of sp³-hybridized carbons (Fsp3) is 0.312. The molecule has 0 aliphatic carbocycles. The standard InChI is InChI=1S/C16H20N2O2/c1-12-10-14(7-9-17-12)18-8-6-13-4-5-15(19-2)16(11-13)20-3/h4-5,7,9-11H,6,8H2,1-3H3,(H,17,18). The molecule has 0 saturated carbocycles. The van der Waals surface area contributed by atoms with E-state index in [-0.39, 0.29) is 0 Å². The molecule has 0 atom stereocenters. The third kappa shape index (κ3) is 3.63. The lowest BCUT2D eigenvalue weighted by Crippen LogP contribution is -2.05. The minimum atomic E-state index is 0.758. The van der Waals surface area contributed by atoms with Crippen LogP contribution < -0.4 is 14.8 Å². The second-order valence-electron chi connectivity index (χ2n) is 4.55. The Morgan fingerprint density at radius 1 is 1.05 bits per heavy atom. The van der Waals surface area contributed by atoms with Gasteiger partial charge in [0, 0.05) is 24.1 Å². The van der Waals surface area contributed by atoms with E-state index in [1.54, 1.807) is 14.2 Å². The van der Waals surface area contributed by atoms with Crippen LogP contribution in [0.1, 0.15) is 11.3 Å². The second-order valence-corrected chi connectivity index (χ2v) is 4.55. The molecule has 106 valence electrons. The van der Waals surface area contributed by atoms with Gasteiger partial charge in [-0.25, -0.2) is 0 Å². The maximum Gasteiger partial charge on any atom is 0.160 e. The van der Waals surface area contributed by atoms with Gasteiger partial charge in [-0.1, -0.05) is 6.07 Å². The summed E-state index contributed by atoms with van der Waals surface area (Å²) in [6.45, 7) is 2.85. The number of aromatic nitrogens is 1. The Bertz CT molecular complexity index is 570. The van der Waals surface area contributed by atoms with E-state index in [4.69, 9.17) is 9.47 Å². The molecule has 0 spiro atoms. The van der Waals surface area contributed by atoms with Crippen LogP contribution in [0, 0.1) is 6.92 Å². The van der Waals surface area contributed by atoms with Crippen LogP contribution in [0.3, 0.4) is 0 Å². The van der Waals surface area contributed by atoms with E-state index in [1.807, 2.05) is 37.4 Å². The molecular weight excluding hydrogens is 252 g/mol. The van der Waals surface area contributed by atoms with E-state index in [0.717, 1.165) is 35.8 Å². The van der Waals surface area contributed by atoms with Crippen molar-refractivity contribution in [3.8, 4) is 11.5 Å². The minimum absolute atomic E-state index is 0.758. The van der Waals surface area contributed by atoms with Crippen molar-refractivity contribution < 1.29 is 9.47 Å². The first-order valence-electron chi connectivity index (χ1n) is 6.60. The molecule has 0 aliphatic heterocycles. The van der Waals surface area contributed by atoms with Crippen molar-refractivity contribution in [2.45, 2.75) is 13.3 Å². The molecule has 2 aromatic rings. The summed E-state index contributed by atoms with van der Waals surface area (Å²) < 4.78 is 10.5. The molecule has 0 bridgehead atoms. The van der Waals surface area contributed by atoms with E-state index in [9.17, 15) is 0 Å². The van der Waals surface area contributed by atoms with Crippen molar-refractivity contribution in [3.63, 3.8) is 0 Å². The van der Waals surface area contributed by atoms with E-state index in [2.05, 4.69) is 16.4 Å². The Hall–Kier alpha value is -2.23. The third-order valence-corrected chi connectivity index (χ3v) is 3.09. The van der Waals surface area contributed by atoms with Crippen molar-refractivity contribution in [1.29, 1.82) is 0 Å². The number of pyridine rings is 1. The highest BCUT2D eigenvalue weighted by Crippen LogP contribution is 2.27. The fourth-order valence-electron chi connectivity index (χ4n) is 2.04. The topological polar surface area (TPSA) is 43.4 Å². The number of nitrogens with zero attached hydrogens (tertiary/aromatic N) is 1. The van der Waals surface area contributed by atoms with E-state index in [0.29, 0.717) is 0 Å². The van der Waals surface area contributed by atoms with Crippen molar-refractivity contribution >= 4 is 5.69 Å². The van der Waals surface area contributed by atoms with E-state index in [1.165, 1.54) is 5.56 Å². The largest absolute Gasteiger partial charge is 0.493 e. The van der Waals surface area contributed by atoms with Gasteiger partial charge in [0.15, 0.2) is 11.5 Å². The molecule has 0 fully saturated rings. The first-order chi connectivity index (χ1) is 9.72. The summed E-state index contributed by atoms with van der Waals surface area (Å²) in [6, 6.07) is 10.0. The Morgan fingerprint density at radius 3 is 2.55 bits per heavy atom. The van der Waals surface area contributed by atoms with Crippen LogP contribution >= 0.6 is 0 Å². The number of aryl methyl sites for hydroxylation is 1. The van der Waals surface area contributed by atoms with Crippen LogP contribution in [0.4, 0.5) is 5.69 Å². The van der Waals surface area contributed by atoms with Gasteiger partial charge in [-0.15, -0.1) is 0 Å². The summed E-state index contributed by atoms with van der Waals surface area (Å²) in [4.78, 5) is 4.18. The molecule has 0 amide bonds. The lowest BCUT2D eigenvalue weighted by molar-refractivity contribution is 0.354. The zero-order valence-electron chi connectivity index (χ0n) is 12.1. The third-order valence-electron chi connectivity index (χ3n) is 3.09. The molecule has 1 N–H and O–H groups in total.